The van der Waals surface area contributed by atoms with Crippen LogP contribution in [0.1, 0.15) is 5.56 Å². The maximum Gasteiger partial charge on any atom is 0.141 e. The molecule has 1 aromatic carbocycles. The molecule has 4 nitrogen and oxygen atoms in total. The fourth-order valence-electron chi connectivity index (χ4n) is 1.77. The molecule has 18 heavy (non-hydrogen) atoms. The molecule has 0 amide bonds. The number of thiol groups is 1. The highest BCUT2D eigenvalue weighted by atomic mass is 32.1. The maximum atomic E-state index is 10.7. The summed E-state index contributed by atoms with van der Waals surface area (Å²) < 4.78 is 0. The van der Waals surface area contributed by atoms with E-state index in [1.165, 1.54) is 0 Å². The van der Waals surface area contributed by atoms with Gasteiger partial charge in [0.05, 0.1) is 6.04 Å². The lowest BCUT2D eigenvalue weighted by atomic mass is 10.1. The zero-order valence-corrected chi connectivity index (χ0v) is 10.6. The number of nitrogens with zero attached hydrogens (tertiary/aromatic N) is 1. The molecular weight excluding hydrogens is 248 g/mol. The minimum atomic E-state index is -0.270. The topological polar surface area (TPSA) is 62.2 Å². The van der Waals surface area contributed by atoms with E-state index in [9.17, 15) is 9.90 Å². The fourth-order valence-corrected chi connectivity index (χ4v) is 1.98. The van der Waals surface area contributed by atoms with Gasteiger partial charge in [-0.15, -0.1) is 0 Å². The smallest absolute Gasteiger partial charge is 0.141 e. The van der Waals surface area contributed by atoms with Crippen molar-refractivity contribution in [3.63, 3.8) is 0 Å². The number of hydrogen-bond acceptors (Lipinski definition) is 5. The van der Waals surface area contributed by atoms with Gasteiger partial charge in [-0.25, -0.2) is 0 Å². The minimum absolute atomic E-state index is 0.162. The number of aromatic nitrogens is 1. The minimum Gasteiger partial charge on any atom is -0.506 e. The molecule has 2 rings (SSSR count). The molecule has 0 aliphatic carbocycles. The third kappa shape index (κ3) is 2.63. The molecule has 0 saturated heterocycles. The fraction of sp³-hybridized carbons (Fsp3) is 0.231. The number of phenolic OH excluding ortho intramolecular Hbond substituents is 1. The summed E-state index contributed by atoms with van der Waals surface area (Å²) in [6.07, 6.45) is 2.48. The van der Waals surface area contributed by atoms with E-state index in [2.05, 4.69) is 22.9 Å². The van der Waals surface area contributed by atoms with Gasteiger partial charge in [0, 0.05) is 23.9 Å². The van der Waals surface area contributed by atoms with Gasteiger partial charge in [0.1, 0.15) is 17.6 Å². The third-order valence-electron chi connectivity index (χ3n) is 2.75. The van der Waals surface area contributed by atoms with E-state index < -0.39 is 0 Å². The summed E-state index contributed by atoms with van der Waals surface area (Å²) in [6, 6.07) is 6.89. The van der Waals surface area contributed by atoms with Crippen molar-refractivity contribution in [1.29, 1.82) is 0 Å². The Kier molecular flexibility index (Phi) is 4.17. The van der Waals surface area contributed by atoms with E-state index in [4.69, 9.17) is 0 Å². The Bertz CT molecular complexity index is 560. The van der Waals surface area contributed by atoms with Crippen LogP contribution in [0.15, 0.2) is 30.5 Å². The second kappa shape index (κ2) is 5.84. The van der Waals surface area contributed by atoms with Gasteiger partial charge >= 0.3 is 0 Å². The van der Waals surface area contributed by atoms with Gasteiger partial charge in [-0.3, -0.25) is 4.98 Å². The van der Waals surface area contributed by atoms with E-state index in [0.29, 0.717) is 17.8 Å². The highest BCUT2D eigenvalue weighted by Gasteiger charge is 2.08. The lowest BCUT2D eigenvalue weighted by Crippen LogP contribution is -2.31. The number of carbonyl (C=O) groups excluding carboxylic acids is 1. The van der Waals surface area contributed by atoms with Crippen molar-refractivity contribution >= 4 is 29.8 Å². The van der Waals surface area contributed by atoms with Gasteiger partial charge in [-0.05, 0) is 17.7 Å². The Hall–Kier alpha value is -1.59. The number of hydrogen-bond donors (Lipinski definition) is 3. The highest BCUT2D eigenvalue weighted by Crippen LogP contribution is 2.25. The average Bonchev–Trinajstić information content (AvgIpc) is 2.42. The summed E-state index contributed by atoms with van der Waals surface area (Å²) in [5.41, 5.74) is 1.56. The van der Waals surface area contributed by atoms with E-state index in [1.54, 1.807) is 12.3 Å². The average molecular weight is 262 g/mol. The van der Waals surface area contributed by atoms with Crippen molar-refractivity contribution in [2.75, 3.05) is 5.75 Å². The normalized spacial score (nSPS) is 12.5. The lowest BCUT2D eigenvalue weighted by molar-refractivity contribution is -0.109. The first-order valence-electron chi connectivity index (χ1n) is 5.61. The summed E-state index contributed by atoms with van der Waals surface area (Å²) in [6.45, 7) is 0.534. The second-order valence-electron chi connectivity index (χ2n) is 3.95. The first-order valence-corrected chi connectivity index (χ1v) is 6.24. The van der Waals surface area contributed by atoms with Crippen LogP contribution in [0, 0.1) is 0 Å². The third-order valence-corrected chi connectivity index (χ3v) is 3.15. The zero-order chi connectivity index (χ0) is 13.0. The van der Waals surface area contributed by atoms with Crippen LogP contribution >= 0.6 is 12.6 Å². The molecular formula is C13H14N2O2S. The monoisotopic (exact) mass is 262 g/mol. The predicted molar refractivity (Wildman–Crippen MR) is 74.0 cm³/mol. The van der Waals surface area contributed by atoms with Crippen molar-refractivity contribution < 1.29 is 9.90 Å². The van der Waals surface area contributed by atoms with Crippen LogP contribution < -0.4 is 5.32 Å². The number of aromatic hydroxyl groups is 1. The van der Waals surface area contributed by atoms with Crippen LogP contribution in [0.4, 0.5) is 0 Å². The number of nitrogens with one attached hydrogen (secondary N) is 1. The van der Waals surface area contributed by atoms with E-state index in [1.807, 2.05) is 18.2 Å². The van der Waals surface area contributed by atoms with Gasteiger partial charge in [0.15, 0.2) is 0 Å². The predicted octanol–water partition coefficient (Wildman–Crippen LogP) is 1.53. The first-order chi connectivity index (χ1) is 8.76. The summed E-state index contributed by atoms with van der Waals surface area (Å²) in [7, 11) is 0. The first kappa shape index (κ1) is 12.9. The number of fused-ring (bicyclic) bond motifs is 1. The maximum absolute atomic E-state index is 10.7. The molecule has 0 fully saturated rings. The molecule has 94 valence electrons. The van der Waals surface area contributed by atoms with Crippen molar-refractivity contribution in [3.05, 3.63) is 36.0 Å². The summed E-state index contributed by atoms with van der Waals surface area (Å²) in [5, 5.41) is 13.7. The lowest BCUT2D eigenvalue weighted by Gasteiger charge is -2.12. The van der Waals surface area contributed by atoms with Crippen molar-refractivity contribution in [2.24, 2.45) is 0 Å². The second-order valence-corrected chi connectivity index (χ2v) is 4.31. The Labute approximate surface area is 110 Å². The van der Waals surface area contributed by atoms with E-state index in [-0.39, 0.29) is 11.8 Å². The number of aldehydes is 1. The summed E-state index contributed by atoms with van der Waals surface area (Å²) in [5.74, 6) is 0.619. The number of rotatable bonds is 5. The number of phenols is 1. The van der Waals surface area contributed by atoms with Crippen LogP contribution in [-0.4, -0.2) is 28.2 Å². The molecule has 0 aliphatic heterocycles. The number of benzene rings is 1. The summed E-state index contributed by atoms with van der Waals surface area (Å²) >= 11 is 4.09. The van der Waals surface area contributed by atoms with Crippen LogP contribution in [-0.2, 0) is 11.3 Å². The van der Waals surface area contributed by atoms with Crippen molar-refractivity contribution in [2.45, 2.75) is 12.6 Å². The van der Waals surface area contributed by atoms with Gasteiger partial charge < -0.3 is 15.2 Å². The van der Waals surface area contributed by atoms with Crippen LogP contribution in [0.2, 0.25) is 0 Å². The van der Waals surface area contributed by atoms with Gasteiger partial charge in [0.25, 0.3) is 0 Å². The number of carbonyl (C=O) groups is 1. The van der Waals surface area contributed by atoms with Crippen LogP contribution in [0.3, 0.4) is 0 Å². The molecule has 1 unspecified atom stereocenters. The van der Waals surface area contributed by atoms with E-state index >= 15 is 0 Å². The molecule has 2 N–H and O–H groups in total. The van der Waals surface area contributed by atoms with Crippen molar-refractivity contribution in [1.82, 2.24) is 10.3 Å². The Morgan fingerprint density at radius 3 is 3.00 bits per heavy atom. The summed E-state index contributed by atoms with van der Waals surface area (Å²) in [4.78, 5) is 14.9. The largest absolute Gasteiger partial charge is 0.506 e. The molecule has 0 saturated carbocycles. The highest BCUT2D eigenvalue weighted by molar-refractivity contribution is 7.80. The Morgan fingerprint density at radius 2 is 2.28 bits per heavy atom. The SMILES string of the molecule is O=CC(CS)NCc1ccc(O)c2ncccc12. The molecule has 5 heteroatoms. The van der Waals surface area contributed by atoms with Crippen LogP contribution in [0.25, 0.3) is 10.9 Å². The molecule has 0 aliphatic rings. The Morgan fingerprint density at radius 1 is 1.44 bits per heavy atom. The van der Waals surface area contributed by atoms with Gasteiger partial charge in [-0.1, -0.05) is 12.1 Å². The molecule has 0 spiro atoms. The van der Waals surface area contributed by atoms with Gasteiger partial charge in [-0.2, -0.15) is 12.6 Å². The zero-order valence-electron chi connectivity index (χ0n) is 9.71. The van der Waals surface area contributed by atoms with Gasteiger partial charge in [0.2, 0.25) is 0 Å². The molecule has 1 heterocycles. The number of pyridine rings is 1. The van der Waals surface area contributed by atoms with Crippen LogP contribution in [0.5, 0.6) is 5.75 Å². The van der Waals surface area contributed by atoms with E-state index in [0.717, 1.165) is 17.2 Å². The molecule has 0 radical (unpaired) electrons. The molecule has 0 bridgehead atoms. The quantitative estimate of drug-likeness (QED) is 0.565. The Balaban J connectivity index is 2.28. The molecule has 1 atom stereocenters. The standard InChI is InChI=1S/C13H14N2O2S/c16-7-10(8-18)15-6-9-3-4-12(17)13-11(9)2-1-5-14-13/h1-5,7,10,15,17-18H,6,8H2. The molecule has 2 aromatic rings. The van der Waals surface area contributed by atoms with Crippen molar-refractivity contribution in [3.8, 4) is 5.75 Å². The molecule has 1 aromatic heterocycles.